The molecule has 11 atom stereocenters. The smallest absolute Gasteiger partial charge is 0.407 e. The molecule has 0 radical (unpaired) electrons. The summed E-state index contributed by atoms with van der Waals surface area (Å²) in [6, 6.07) is 41.5. The summed E-state index contributed by atoms with van der Waals surface area (Å²) in [5.41, 5.74) is 13.3. The second-order valence-corrected chi connectivity index (χ2v) is 19.4. The molecular weight excluding hydrogens is 990 g/mol. The van der Waals surface area contributed by atoms with Crippen molar-refractivity contribution in [2.45, 2.75) is 97.9 Å². The summed E-state index contributed by atoms with van der Waals surface area (Å²) < 4.78 is 63.2. The lowest BCUT2D eigenvalue weighted by Gasteiger charge is -2.51. The van der Waals surface area contributed by atoms with Crippen LogP contribution in [0.15, 0.2) is 145 Å². The lowest BCUT2D eigenvalue weighted by molar-refractivity contribution is -0.390. The molecule has 8 rings (SSSR count). The Labute approximate surface area is 424 Å². The van der Waals surface area contributed by atoms with Gasteiger partial charge in [-0.3, -0.25) is 0 Å². The molecule has 0 aromatic heterocycles. The second kappa shape index (κ2) is 25.2. The number of alkyl carbamates (subject to hydrolysis) is 1. The number of aliphatic hydroxyl groups is 1. The Morgan fingerprint density at radius 3 is 1.93 bits per heavy atom. The molecule has 2 unspecified atom stereocenters. The average Bonchev–Trinajstić information content (AvgIpc) is 3.37. The van der Waals surface area contributed by atoms with E-state index in [1.165, 1.54) is 0 Å². The van der Waals surface area contributed by atoms with Gasteiger partial charge in [0.25, 0.3) is 0 Å². The molecule has 3 fully saturated rings. The van der Waals surface area contributed by atoms with Crippen LogP contribution in [0, 0.1) is 0 Å². The van der Waals surface area contributed by atoms with Crippen LogP contribution in [0.2, 0.25) is 5.02 Å². The second-order valence-electron chi connectivity index (χ2n) is 16.5. The number of nitrogens with zero attached hydrogens (tertiary/aromatic N) is 3. The van der Waals surface area contributed by atoms with Crippen molar-refractivity contribution in [1.82, 2.24) is 5.32 Å². The van der Waals surface area contributed by atoms with Gasteiger partial charge in [0.15, 0.2) is 18.9 Å². The van der Waals surface area contributed by atoms with E-state index in [9.17, 15) is 9.90 Å². The van der Waals surface area contributed by atoms with E-state index < -0.39 is 84.1 Å². The van der Waals surface area contributed by atoms with Crippen molar-refractivity contribution >= 4 is 58.2 Å². The first-order valence-corrected chi connectivity index (χ1v) is 23.9. The van der Waals surface area contributed by atoms with Crippen molar-refractivity contribution in [3.05, 3.63) is 183 Å². The normalized spacial score (nSPS) is 26.6. The molecule has 5 aromatic rings. The molecule has 0 bridgehead atoms. The number of amides is 1. The van der Waals surface area contributed by atoms with Gasteiger partial charge in [0.2, 0.25) is 3.79 Å². The van der Waals surface area contributed by atoms with Gasteiger partial charge in [-0.25, -0.2) is 4.79 Å². The van der Waals surface area contributed by atoms with E-state index in [4.69, 9.17) is 99.3 Å². The van der Waals surface area contributed by atoms with Crippen LogP contribution >= 0.6 is 46.4 Å². The van der Waals surface area contributed by atoms with E-state index in [1.807, 2.05) is 121 Å². The lowest BCUT2D eigenvalue weighted by Crippen LogP contribution is -2.69. The van der Waals surface area contributed by atoms with E-state index in [0.29, 0.717) is 5.56 Å². The molecule has 16 nitrogen and oxygen atoms in total. The Kier molecular flexibility index (Phi) is 18.6. The molecule has 5 aromatic carbocycles. The summed E-state index contributed by atoms with van der Waals surface area (Å²) in [7, 11) is 0. The van der Waals surface area contributed by atoms with Crippen LogP contribution in [0.5, 0.6) is 0 Å². The molecule has 3 heterocycles. The van der Waals surface area contributed by atoms with Gasteiger partial charge in [0.1, 0.15) is 55.4 Å². The zero-order valence-corrected chi connectivity index (χ0v) is 40.4. The van der Waals surface area contributed by atoms with Crippen LogP contribution < -0.4 is 5.32 Å². The summed E-state index contributed by atoms with van der Waals surface area (Å²) in [5.74, 6) is 0. The molecule has 3 aliphatic heterocycles. The maximum Gasteiger partial charge on any atom is 0.407 e. The Bertz CT molecular complexity index is 2460. The number of aliphatic hydroxyl groups excluding tert-OH is 1. The highest BCUT2D eigenvalue weighted by Crippen LogP contribution is 2.40. The zero-order valence-electron chi connectivity index (χ0n) is 37.4. The van der Waals surface area contributed by atoms with Crippen LogP contribution in [0.3, 0.4) is 0 Å². The van der Waals surface area contributed by atoms with Crippen molar-refractivity contribution < 1.29 is 57.3 Å². The molecule has 20 heteroatoms. The number of hydrogen-bond donors (Lipinski definition) is 2. The molecule has 70 heavy (non-hydrogen) atoms. The third kappa shape index (κ3) is 14.3. The first-order valence-electron chi connectivity index (χ1n) is 22.4. The van der Waals surface area contributed by atoms with Crippen LogP contribution in [0.4, 0.5) is 10.5 Å². The van der Waals surface area contributed by atoms with Crippen molar-refractivity contribution in [2.75, 3.05) is 19.8 Å². The summed E-state index contributed by atoms with van der Waals surface area (Å²) >= 11 is 24.3. The third-order valence-corrected chi connectivity index (χ3v) is 12.2. The van der Waals surface area contributed by atoms with Gasteiger partial charge in [-0.15, -0.1) is 0 Å². The van der Waals surface area contributed by atoms with Crippen LogP contribution in [0.25, 0.3) is 10.4 Å². The van der Waals surface area contributed by atoms with Crippen LogP contribution in [-0.2, 0) is 73.8 Å². The van der Waals surface area contributed by atoms with Gasteiger partial charge in [-0.1, -0.05) is 185 Å². The van der Waals surface area contributed by atoms with Gasteiger partial charge in [0.05, 0.1) is 50.4 Å². The van der Waals surface area contributed by atoms with E-state index in [1.54, 1.807) is 18.2 Å². The number of nitrogens with one attached hydrogen (secondary N) is 1. The topological polar surface area (TPSA) is 190 Å². The lowest BCUT2D eigenvalue weighted by atomic mass is 9.94. The Morgan fingerprint density at radius 2 is 1.31 bits per heavy atom. The Balaban J connectivity index is 1.17. The van der Waals surface area contributed by atoms with E-state index in [0.717, 1.165) is 22.3 Å². The SMILES string of the molecule is [N-]=[N+]=Nc1ccc(CO[C@@H]2[C@H](OCc3ccccc3)[C@H](O[C@H]3[C@H](OCc4ccccc4)[C@@H](NC(=O)OCC(Cl)(Cl)Cl)C(O)O[C@@H]3COCc3ccccc3)O[C@@H]3COC(c4ccccc4)O[C@@H]23)cc1Cl. The fourth-order valence-electron chi connectivity index (χ4n) is 8.21. The summed E-state index contributed by atoms with van der Waals surface area (Å²) in [4.78, 5) is 16.2. The van der Waals surface area contributed by atoms with Gasteiger partial charge < -0.3 is 57.8 Å². The van der Waals surface area contributed by atoms with E-state index in [2.05, 4.69) is 15.3 Å². The van der Waals surface area contributed by atoms with E-state index in [-0.39, 0.29) is 50.4 Å². The number of ether oxygens (including phenoxy) is 10. The minimum absolute atomic E-state index is 0.00207. The monoisotopic (exact) mass is 1040 g/mol. The number of halogens is 4. The predicted octanol–water partition coefficient (Wildman–Crippen LogP) is 9.96. The zero-order chi connectivity index (χ0) is 48.9. The van der Waals surface area contributed by atoms with Crippen LogP contribution in [-0.4, -0.2) is 96.2 Å². The molecule has 2 N–H and O–H groups in total. The highest BCUT2D eigenvalue weighted by Gasteiger charge is 2.55. The highest BCUT2D eigenvalue weighted by molar-refractivity contribution is 6.67. The van der Waals surface area contributed by atoms with Gasteiger partial charge >= 0.3 is 6.09 Å². The first kappa shape index (κ1) is 51.8. The van der Waals surface area contributed by atoms with Crippen molar-refractivity contribution in [3.63, 3.8) is 0 Å². The number of fused-ring (bicyclic) bond motifs is 1. The largest absolute Gasteiger partial charge is 0.445 e. The van der Waals surface area contributed by atoms with E-state index >= 15 is 0 Å². The summed E-state index contributed by atoms with van der Waals surface area (Å²) in [5, 5.41) is 18.3. The standard InChI is InChI=1S/C50H50Cl4N4O12/c51-36-23-34(21-22-37(36)57-58-55)27-63-44-42-39(29-65-47(69-42)35-19-11-4-12-20-35)68-48(45(44)64-26-33-17-9-3-10-18-33)70-41-38(28-61-24-31-13-5-1-6-14-31)67-46(59)40(56-49(60)66-30-50(52,53)54)43(41)62-25-32-15-7-2-8-16-32/h1-23,38-48,59H,24-30H2,(H,56,60)/t38-,39-,40-,41-,42-,43-,44+,45+,46?,47?,48+/m1/s1. The fraction of sp³-hybridized carbons (Fsp3) is 0.380. The van der Waals surface area contributed by atoms with Crippen molar-refractivity contribution in [3.8, 4) is 0 Å². The molecule has 0 saturated carbocycles. The quantitative estimate of drug-likeness (QED) is 0.0345. The predicted molar refractivity (Wildman–Crippen MR) is 258 cm³/mol. The van der Waals surface area contributed by atoms with Gasteiger partial charge in [-0.2, -0.15) is 0 Å². The number of hydrogen-bond acceptors (Lipinski definition) is 13. The molecule has 1 amide bonds. The number of benzene rings is 5. The number of carbonyl (C=O) groups is 1. The minimum Gasteiger partial charge on any atom is -0.445 e. The molecular formula is C50H50Cl4N4O12. The molecule has 3 aliphatic rings. The maximum absolute atomic E-state index is 13.4. The minimum atomic E-state index is -1.92. The number of carbonyl (C=O) groups excluding carboxylic acids is 1. The summed E-state index contributed by atoms with van der Waals surface area (Å²) in [6.07, 6.45) is -11.8. The third-order valence-electron chi connectivity index (χ3n) is 11.5. The Morgan fingerprint density at radius 1 is 0.729 bits per heavy atom. The Hall–Kier alpha value is -4.56. The molecule has 0 spiro atoms. The number of alkyl halides is 3. The number of rotatable bonds is 19. The van der Waals surface area contributed by atoms with Gasteiger partial charge in [0, 0.05) is 10.5 Å². The maximum atomic E-state index is 13.4. The molecule has 370 valence electrons. The summed E-state index contributed by atoms with van der Waals surface area (Å²) in [6.45, 7) is -0.362. The molecule has 3 saturated heterocycles. The van der Waals surface area contributed by atoms with Crippen molar-refractivity contribution in [1.29, 1.82) is 0 Å². The van der Waals surface area contributed by atoms with Crippen LogP contribution in [0.1, 0.15) is 34.1 Å². The molecule has 0 aliphatic carbocycles. The van der Waals surface area contributed by atoms with Gasteiger partial charge in [-0.05, 0) is 33.9 Å². The first-order chi connectivity index (χ1) is 34.0. The highest BCUT2D eigenvalue weighted by atomic mass is 35.6. The number of azide groups is 1. The average molecular weight is 1040 g/mol. The van der Waals surface area contributed by atoms with Crippen molar-refractivity contribution in [2.24, 2.45) is 5.11 Å². The fourth-order valence-corrected chi connectivity index (χ4v) is 8.62.